The number of nitrogens with one attached hydrogen (secondary N) is 1. The first kappa shape index (κ1) is 26.4. The fourth-order valence-corrected chi connectivity index (χ4v) is 5.60. The lowest BCUT2D eigenvalue weighted by molar-refractivity contribution is -0.119. The van der Waals surface area contributed by atoms with Crippen LogP contribution in [-0.4, -0.2) is 47.4 Å². The van der Waals surface area contributed by atoms with Crippen LogP contribution in [0.1, 0.15) is 11.1 Å². The number of methoxy groups -OCH3 is 2. The van der Waals surface area contributed by atoms with Crippen molar-refractivity contribution in [1.82, 2.24) is 5.32 Å². The summed E-state index contributed by atoms with van der Waals surface area (Å²) in [6.45, 7) is 2.07. The number of aryl methyl sites for hydroxylation is 1. The molecule has 186 valence electrons. The number of benzene rings is 3. The van der Waals surface area contributed by atoms with Gasteiger partial charge in [0.1, 0.15) is 18.0 Å². The zero-order valence-corrected chi connectivity index (χ0v) is 21.7. The first-order valence-corrected chi connectivity index (χ1v) is 13.6. The zero-order valence-electron chi connectivity index (χ0n) is 20.1. The van der Waals surface area contributed by atoms with Crippen molar-refractivity contribution < 1.29 is 22.7 Å². The lowest BCUT2D eigenvalue weighted by Gasteiger charge is -2.26. The van der Waals surface area contributed by atoms with Crippen molar-refractivity contribution in [2.75, 3.05) is 37.4 Å². The van der Waals surface area contributed by atoms with Crippen molar-refractivity contribution in [2.45, 2.75) is 17.6 Å². The maximum absolute atomic E-state index is 13.5. The van der Waals surface area contributed by atoms with Gasteiger partial charge in [0.2, 0.25) is 5.91 Å². The van der Waals surface area contributed by atoms with E-state index in [2.05, 4.69) is 36.5 Å². The number of ether oxygens (including phenoxy) is 2. The molecule has 0 unspecified atom stereocenters. The minimum Gasteiger partial charge on any atom is -0.497 e. The second kappa shape index (κ2) is 12.5. The number of sulfonamides is 1. The average molecular weight is 515 g/mol. The molecule has 0 bridgehead atoms. The van der Waals surface area contributed by atoms with E-state index in [0.717, 1.165) is 10.1 Å². The molecule has 0 aliphatic carbocycles. The monoisotopic (exact) mass is 514 g/mol. The molecule has 35 heavy (non-hydrogen) atoms. The Morgan fingerprint density at radius 3 is 2.34 bits per heavy atom. The SMILES string of the molecule is COc1ccc(OC)c(N(CC(=O)NCCSCc2ccc(C)cc2)S(=O)(=O)c2ccccc2)c1. The molecule has 1 amide bonds. The smallest absolute Gasteiger partial charge is 0.264 e. The second-order valence-electron chi connectivity index (χ2n) is 7.75. The zero-order chi connectivity index (χ0) is 25.3. The van der Waals surface area contributed by atoms with E-state index in [4.69, 9.17) is 9.47 Å². The van der Waals surface area contributed by atoms with Crippen LogP contribution in [0.5, 0.6) is 11.5 Å². The molecular formula is C26H30N2O5S2. The summed E-state index contributed by atoms with van der Waals surface area (Å²) in [6.07, 6.45) is 0. The highest BCUT2D eigenvalue weighted by Gasteiger charge is 2.29. The number of rotatable bonds is 12. The van der Waals surface area contributed by atoms with Gasteiger partial charge in [0.05, 0.1) is 24.8 Å². The minimum atomic E-state index is -4.05. The van der Waals surface area contributed by atoms with Crippen LogP contribution in [0, 0.1) is 6.92 Å². The molecule has 0 saturated heterocycles. The topological polar surface area (TPSA) is 84.9 Å². The Balaban J connectivity index is 1.72. The number of nitrogens with zero attached hydrogens (tertiary/aromatic N) is 1. The molecule has 3 rings (SSSR count). The van der Waals surface area contributed by atoms with E-state index in [0.29, 0.717) is 23.8 Å². The van der Waals surface area contributed by atoms with Crippen LogP contribution < -0.4 is 19.1 Å². The summed E-state index contributed by atoms with van der Waals surface area (Å²) in [7, 11) is -1.11. The van der Waals surface area contributed by atoms with Crippen LogP contribution in [0.15, 0.2) is 77.7 Å². The molecule has 3 aromatic rings. The predicted octanol–water partition coefficient (Wildman–Crippen LogP) is 4.26. The van der Waals surface area contributed by atoms with Gasteiger partial charge in [0, 0.05) is 24.1 Å². The Bertz CT molecular complexity index is 1220. The molecule has 0 atom stereocenters. The Hall–Kier alpha value is -3.17. The largest absolute Gasteiger partial charge is 0.497 e. The molecule has 1 N–H and O–H groups in total. The average Bonchev–Trinajstić information content (AvgIpc) is 2.88. The molecule has 0 aliphatic heterocycles. The fraction of sp³-hybridized carbons (Fsp3) is 0.269. The Labute approximate surface area is 211 Å². The van der Waals surface area contributed by atoms with Gasteiger partial charge in [0.25, 0.3) is 10.0 Å². The van der Waals surface area contributed by atoms with Gasteiger partial charge in [0.15, 0.2) is 0 Å². The van der Waals surface area contributed by atoms with Gasteiger partial charge in [-0.1, -0.05) is 48.0 Å². The minimum absolute atomic E-state index is 0.0753. The molecule has 0 fully saturated rings. The maximum atomic E-state index is 13.5. The number of anilines is 1. The van der Waals surface area contributed by atoms with Gasteiger partial charge in [-0.3, -0.25) is 9.10 Å². The van der Waals surface area contributed by atoms with Crippen molar-refractivity contribution in [3.05, 3.63) is 83.9 Å². The summed E-state index contributed by atoms with van der Waals surface area (Å²) >= 11 is 1.70. The highest BCUT2D eigenvalue weighted by molar-refractivity contribution is 7.98. The van der Waals surface area contributed by atoms with E-state index in [-0.39, 0.29) is 10.6 Å². The van der Waals surface area contributed by atoms with Crippen LogP contribution >= 0.6 is 11.8 Å². The van der Waals surface area contributed by atoms with E-state index in [1.807, 2.05) is 0 Å². The van der Waals surface area contributed by atoms with E-state index in [1.54, 1.807) is 48.2 Å². The Morgan fingerprint density at radius 1 is 0.971 bits per heavy atom. The number of carbonyl (C=O) groups is 1. The predicted molar refractivity (Wildman–Crippen MR) is 141 cm³/mol. The molecule has 0 heterocycles. The summed E-state index contributed by atoms with van der Waals surface area (Å²) in [5, 5.41) is 2.83. The quantitative estimate of drug-likeness (QED) is 0.364. The van der Waals surface area contributed by atoms with Crippen molar-refractivity contribution in [3.63, 3.8) is 0 Å². The summed E-state index contributed by atoms with van der Waals surface area (Å²) in [5.74, 6) is 1.89. The van der Waals surface area contributed by atoms with E-state index in [9.17, 15) is 13.2 Å². The third-order valence-electron chi connectivity index (χ3n) is 5.23. The van der Waals surface area contributed by atoms with Crippen molar-refractivity contribution in [1.29, 1.82) is 0 Å². The number of hydrogen-bond acceptors (Lipinski definition) is 6. The summed E-state index contributed by atoms with van der Waals surface area (Å²) in [4.78, 5) is 12.9. The molecule has 9 heteroatoms. The van der Waals surface area contributed by atoms with Crippen LogP contribution in [0.2, 0.25) is 0 Å². The molecule has 0 aromatic heterocycles. The van der Waals surface area contributed by atoms with Crippen LogP contribution in [0.4, 0.5) is 5.69 Å². The Morgan fingerprint density at radius 2 is 1.69 bits per heavy atom. The van der Waals surface area contributed by atoms with Gasteiger partial charge in [-0.05, 0) is 36.8 Å². The lowest BCUT2D eigenvalue weighted by atomic mass is 10.2. The number of amides is 1. The van der Waals surface area contributed by atoms with Crippen molar-refractivity contribution in [3.8, 4) is 11.5 Å². The molecular weight excluding hydrogens is 484 g/mol. The van der Waals surface area contributed by atoms with E-state index >= 15 is 0 Å². The summed E-state index contributed by atoms with van der Waals surface area (Å²) in [5.41, 5.74) is 2.66. The molecule has 3 aromatic carbocycles. The van der Waals surface area contributed by atoms with Gasteiger partial charge >= 0.3 is 0 Å². The third-order valence-corrected chi connectivity index (χ3v) is 8.04. The Kier molecular flexibility index (Phi) is 9.45. The standard InChI is InChI=1S/C26H30N2O5S2/c1-20-9-11-21(12-10-20)19-34-16-15-27-26(29)18-28(35(30,31)23-7-5-4-6-8-23)24-17-22(32-2)13-14-25(24)33-3/h4-14,17H,15-16,18-19H2,1-3H3,(H,27,29). The highest BCUT2D eigenvalue weighted by atomic mass is 32.2. The highest BCUT2D eigenvalue weighted by Crippen LogP contribution is 2.35. The molecule has 0 spiro atoms. The second-order valence-corrected chi connectivity index (χ2v) is 10.7. The van der Waals surface area contributed by atoms with Gasteiger partial charge in [-0.25, -0.2) is 8.42 Å². The van der Waals surface area contributed by atoms with Crippen molar-refractivity contribution >= 4 is 33.4 Å². The van der Waals surface area contributed by atoms with E-state index < -0.39 is 22.5 Å². The summed E-state index contributed by atoms with van der Waals surface area (Å²) < 4.78 is 38.8. The van der Waals surface area contributed by atoms with Gasteiger partial charge in [-0.2, -0.15) is 11.8 Å². The summed E-state index contributed by atoms with van der Waals surface area (Å²) in [6, 6.07) is 21.2. The number of carbonyl (C=O) groups excluding carboxylic acids is 1. The van der Waals surface area contributed by atoms with Crippen LogP contribution in [-0.2, 0) is 20.6 Å². The van der Waals surface area contributed by atoms with E-state index in [1.165, 1.54) is 37.5 Å². The maximum Gasteiger partial charge on any atom is 0.264 e. The fourth-order valence-electron chi connectivity index (χ4n) is 3.33. The van der Waals surface area contributed by atoms with Crippen molar-refractivity contribution in [2.24, 2.45) is 0 Å². The first-order chi connectivity index (χ1) is 16.8. The number of thioether (sulfide) groups is 1. The lowest BCUT2D eigenvalue weighted by Crippen LogP contribution is -2.41. The third kappa shape index (κ3) is 7.16. The normalized spacial score (nSPS) is 11.1. The van der Waals surface area contributed by atoms with Gasteiger partial charge < -0.3 is 14.8 Å². The first-order valence-electron chi connectivity index (χ1n) is 11.0. The molecule has 0 radical (unpaired) electrons. The van der Waals surface area contributed by atoms with Crippen LogP contribution in [0.3, 0.4) is 0 Å². The molecule has 7 nitrogen and oxygen atoms in total. The molecule has 0 saturated carbocycles. The number of hydrogen-bond donors (Lipinski definition) is 1. The van der Waals surface area contributed by atoms with Crippen LogP contribution in [0.25, 0.3) is 0 Å². The van der Waals surface area contributed by atoms with Gasteiger partial charge in [-0.15, -0.1) is 0 Å². The molecule has 0 aliphatic rings.